The van der Waals surface area contributed by atoms with Crippen LogP contribution in [0.3, 0.4) is 0 Å². The van der Waals surface area contributed by atoms with E-state index in [1.54, 1.807) is 0 Å². The van der Waals surface area contributed by atoms with Crippen LogP contribution >= 0.6 is 11.8 Å². The van der Waals surface area contributed by atoms with Crippen molar-refractivity contribution in [3.05, 3.63) is 36.5 Å². The van der Waals surface area contributed by atoms with Crippen molar-refractivity contribution in [1.29, 1.82) is 0 Å². The van der Waals surface area contributed by atoms with Gasteiger partial charge in [0, 0.05) is 17.4 Å². The van der Waals surface area contributed by atoms with Crippen molar-refractivity contribution in [3.63, 3.8) is 0 Å². The van der Waals surface area contributed by atoms with Crippen LogP contribution < -0.4 is 5.43 Å². The van der Waals surface area contributed by atoms with Crippen molar-refractivity contribution in [2.24, 2.45) is 0 Å². The molecule has 0 saturated carbocycles. The van der Waals surface area contributed by atoms with Gasteiger partial charge in [-0.2, -0.15) is 0 Å². The van der Waals surface area contributed by atoms with E-state index in [2.05, 4.69) is 34.1 Å². The first kappa shape index (κ1) is 9.78. The van der Waals surface area contributed by atoms with Crippen LogP contribution in [0.2, 0.25) is 0 Å². The van der Waals surface area contributed by atoms with Gasteiger partial charge in [0.1, 0.15) is 0 Å². The highest BCUT2D eigenvalue weighted by atomic mass is 32.2. The van der Waals surface area contributed by atoms with Crippen molar-refractivity contribution in [2.75, 3.05) is 12.0 Å². The van der Waals surface area contributed by atoms with E-state index in [0.717, 1.165) is 17.4 Å². The fourth-order valence-corrected chi connectivity index (χ4v) is 2.72. The Kier molecular flexibility index (Phi) is 2.36. The normalized spacial score (nSPS) is 18.9. The van der Waals surface area contributed by atoms with Gasteiger partial charge in [0.15, 0.2) is 5.16 Å². The molecule has 1 N–H and O–H groups in total. The monoisotopic (exact) mass is 231 g/mol. The molecule has 0 spiro atoms. The zero-order valence-corrected chi connectivity index (χ0v) is 9.87. The first-order valence-electron chi connectivity index (χ1n) is 5.38. The molecular weight excluding hydrogens is 218 g/mol. The van der Waals surface area contributed by atoms with Gasteiger partial charge in [0.05, 0.1) is 11.9 Å². The molecule has 3 nitrogen and oxygen atoms in total. The maximum Gasteiger partial charge on any atom is 0.187 e. The number of rotatable bonds is 1. The third-order valence-electron chi connectivity index (χ3n) is 2.64. The lowest BCUT2D eigenvalue weighted by atomic mass is 10.2. The van der Waals surface area contributed by atoms with Gasteiger partial charge in [-0.3, -0.25) is 0 Å². The van der Waals surface area contributed by atoms with Crippen LogP contribution in [0.4, 0.5) is 0 Å². The number of nitrogens with one attached hydrogen (secondary N) is 1. The number of benzene rings is 1. The fourth-order valence-electron chi connectivity index (χ4n) is 1.82. The molecular formula is C12H13N3S. The summed E-state index contributed by atoms with van der Waals surface area (Å²) in [6, 6.07) is 10.3. The van der Waals surface area contributed by atoms with Crippen molar-refractivity contribution in [3.8, 4) is 11.3 Å². The molecule has 0 amide bonds. The Morgan fingerprint density at radius 2 is 2.19 bits per heavy atom. The molecule has 2 aromatic rings. The minimum Gasteiger partial charge on any atom is -0.322 e. The second kappa shape index (κ2) is 3.87. The Hall–Kier alpha value is -1.42. The van der Waals surface area contributed by atoms with Crippen LogP contribution in [0, 0.1) is 0 Å². The number of thioether (sulfide) groups is 1. The molecule has 0 radical (unpaired) electrons. The highest BCUT2D eigenvalue weighted by Crippen LogP contribution is 2.29. The van der Waals surface area contributed by atoms with Crippen molar-refractivity contribution in [2.45, 2.75) is 17.3 Å². The Labute approximate surface area is 98.9 Å². The van der Waals surface area contributed by atoms with Gasteiger partial charge >= 0.3 is 0 Å². The standard InChI is InChI=1S/C12H13N3S/c1-9-7-14-15-11(8-13-12(15)16-9)10-5-3-2-4-6-10/h2-6,8-9,14H,7H2,1H3. The zero-order valence-electron chi connectivity index (χ0n) is 9.05. The predicted octanol–water partition coefficient (Wildman–Crippen LogP) is 2.59. The molecule has 16 heavy (non-hydrogen) atoms. The van der Waals surface area contributed by atoms with Crippen LogP contribution in [0.1, 0.15) is 6.92 Å². The van der Waals surface area contributed by atoms with E-state index >= 15 is 0 Å². The summed E-state index contributed by atoms with van der Waals surface area (Å²) in [5.74, 6) is 0. The number of fused-ring (bicyclic) bond motifs is 1. The van der Waals surface area contributed by atoms with Gasteiger partial charge in [-0.25, -0.2) is 9.66 Å². The van der Waals surface area contributed by atoms with Crippen LogP contribution in [0.5, 0.6) is 0 Å². The molecule has 1 aromatic heterocycles. The highest BCUT2D eigenvalue weighted by Gasteiger charge is 2.19. The minimum atomic E-state index is 0.582. The predicted molar refractivity (Wildman–Crippen MR) is 67.2 cm³/mol. The number of hydrogen-bond donors (Lipinski definition) is 1. The van der Waals surface area contributed by atoms with Gasteiger partial charge in [-0.15, -0.1) is 0 Å². The molecule has 1 aromatic carbocycles. The van der Waals surface area contributed by atoms with E-state index in [1.807, 2.05) is 36.2 Å². The quantitative estimate of drug-likeness (QED) is 0.818. The minimum absolute atomic E-state index is 0.582. The summed E-state index contributed by atoms with van der Waals surface area (Å²) < 4.78 is 2.08. The Morgan fingerprint density at radius 3 is 3.00 bits per heavy atom. The van der Waals surface area contributed by atoms with Crippen LogP contribution in [-0.2, 0) is 0 Å². The Morgan fingerprint density at radius 1 is 1.38 bits per heavy atom. The largest absolute Gasteiger partial charge is 0.322 e. The van der Waals surface area contributed by atoms with Crippen LogP contribution in [0.15, 0.2) is 41.7 Å². The number of nitrogens with zero attached hydrogens (tertiary/aromatic N) is 2. The molecule has 0 fully saturated rings. The lowest BCUT2D eigenvalue weighted by Crippen LogP contribution is -2.28. The van der Waals surface area contributed by atoms with E-state index < -0.39 is 0 Å². The van der Waals surface area contributed by atoms with Gasteiger partial charge in [0.2, 0.25) is 0 Å². The van der Waals surface area contributed by atoms with Crippen molar-refractivity contribution < 1.29 is 0 Å². The van der Waals surface area contributed by atoms with E-state index in [-0.39, 0.29) is 0 Å². The summed E-state index contributed by atoms with van der Waals surface area (Å²) >= 11 is 1.82. The van der Waals surface area contributed by atoms with Gasteiger partial charge in [0.25, 0.3) is 0 Å². The molecule has 0 aliphatic carbocycles. The second-order valence-electron chi connectivity index (χ2n) is 3.92. The lowest BCUT2D eigenvalue weighted by Gasteiger charge is -2.22. The summed E-state index contributed by atoms with van der Waals surface area (Å²) in [5.41, 5.74) is 5.73. The average molecular weight is 231 g/mol. The average Bonchev–Trinajstić information content (AvgIpc) is 2.73. The molecule has 4 heteroatoms. The maximum atomic E-state index is 4.45. The van der Waals surface area contributed by atoms with Crippen molar-refractivity contribution in [1.82, 2.24) is 9.66 Å². The fraction of sp³-hybridized carbons (Fsp3) is 0.250. The van der Waals surface area contributed by atoms with E-state index in [9.17, 15) is 0 Å². The van der Waals surface area contributed by atoms with E-state index in [0.29, 0.717) is 5.25 Å². The first-order valence-corrected chi connectivity index (χ1v) is 6.26. The maximum absolute atomic E-state index is 4.45. The van der Waals surface area contributed by atoms with E-state index in [1.165, 1.54) is 5.56 Å². The van der Waals surface area contributed by atoms with E-state index in [4.69, 9.17) is 0 Å². The second-order valence-corrected chi connectivity index (χ2v) is 5.32. The number of aromatic nitrogens is 2. The Bertz CT molecular complexity index is 492. The first-order chi connectivity index (χ1) is 7.84. The third-order valence-corrected chi connectivity index (χ3v) is 3.71. The number of hydrogen-bond acceptors (Lipinski definition) is 3. The molecule has 0 bridgehead atoms. The molecule has 0 saturated heterocycles. The molecule has 3 rings (SSSR count). The molecule has 2 heterocycles. The SMILES string of the molecule is CC1CNn2c(-c3ccccc3)cnc2S1. The number of imidazole rings is 1. The van der Waals surface area contributed by atoms with Gasteiger partial charge in [-0.1, -0.05) is 49.0 Å². The highest BCUT2D eigenvalue weighted by molar-refractivity contribution is 7.99. The summed E-state index contributed by atoms with van der Waals surface area (Å²) in [5, 5.41) is 1.64. The smallest absolute Gasteiger partial charge is 0.187 e. The van der Waals surface area contributed by atoms with Gasteiger partial charge in [-0.05, 0) is 0 Å². The Balaban J connectivity index is 2.04. The summed E-state index contributed by atoms with van der Waals surface area (Å²) in [6.07, 6.45) is 1.93. The molecule has 1 aliphatic rings. The zero-order chi connectivity index (χ0) is 11.0. The van der Waals surface area contributed by atoms with Crippen LogP contribution in [0.25, 0.3) is 11.3 Å². The molecule has 82 valence electrons. The lowest BCUT2D eigenvalue weighted by molar-refractivity contribution is 0.719. The third kappa shape index (κ3) is 1.59. The molecule has 1 aliphatic heterocycles. The summed E-state index contributed by atoms with van der Waals surface area (Å²) in [6.45, 7) is 3.19. The molecule has 1 atom stereocenters. The van der Waals surface area contributed by atoms with Crippen molar-refractivity contribution >= 4 is 11.8 Å². The van der Waals surface area contributed by atoms with Gasteiger partial charge < -0.3 is 5.43 Å². The summed E-state index contributed by atoms with van der Waals surface area (Å²) in [7, 11) is 0. The van der Waals surface area contributed by atoms with Crippen LogP contribution in [-0.4, -0.2) is 21.5 Å². The topological polar surface area (TPSA) is 29.9 Å². The summed E-state index contributed by atoms with van der Waals surface area (Å²) in [4.78, 5) is 4.45. The molecule has 1 unspecified atom stereocenters.